The first-order valence-corrected chi connectivity index (χ1v) is 7.47. The van der Waals surface area contributed by atoms with Crippen LogP contribution in [0.5, 0.6) is 0 Å². The zero-order valence-corrected chi connectivity index (χ0v) is 13.4. The Morgan fingerprint density at radius 1 is 1.04 bits per heavy atom. The van der Waals surface area contributed by atoms with Crippen LogP contribution in [-0.4, -0.2) is 23.2 Å². The van der Waals surface area contributed by atoms with Crippen LogP contribution in [0.4, 0.5) is 8.78 Å². The fourth-order valence-corrected chi connectivity index (χ4v) is 2.49. The molecule has 0 heterocycles. The van der Waals surface area contributed by atoms with Crippen LogP contribution in [0.2, 0.25) is 0 Å². The van der Waals surface area contributed by atoms with Gasteiger partial charge in [0.05, 0.1) is 0 Å². The molecule has 0 aliphatic rings. The minimum atomic E-state index is -2.21. The number of carbonyl (C=O) groups excluding carboxylic acids is 1. The maximum absolute atomic E-state index is 14.3. The van der Waals surface area contributed by atoms with Crippen molar-refractivity contribution >= 4 is 5.97 Å². The Labute approximate surface area is 138 Å². The van der Waals surface area contributed by atoms with Crippen molar-refractivity contribution in [2.45, 2.75) is 31.6 Å². The predicted molar refractivity (Wildman–Crippen MR) is 85.0 cm³/mol. The number of carbonyl (C=O) groups is 1. The highest BCUT2D eigenvalue weighted by molar-refractivity contribution is 5.75. The Kier molecular flexibility index (Phi) is 5.31. The number of nitrogens with two attached hydrogens (primary N) is 1. The van der Waals surface area contributed by atoms with E-state index in [4.69, 9.17) is 10.5 Å². The second-order valence-electron chi connectivity index (χ2n) is 5.59. The van der Waals surface area contributed by atoms with Crippen LogP contribution < -0.4 is 5.73 Å². The number of rotatable bonds is 5. The molecule has 0 saturated carbocycles. The van der Waals surface area contributed by atoms with Crippen LogP contribution in [0.25, 0.3) is 0 Å². The monoisotopic (exact) mass is 335 g/mol. The van der Waals surface area contributed by atoms with E-state index >= 15 is 0 Å². The molecule has 2 aromatic rings. The Balaban J connectivity index is 2.60. The lowest BCUT2D eigenvalue weighted by Crippen LogP contribution is -2.45. The van der Waals surface area contributed by atoms with Gasteiger partial charge in [-0.2, -0.15) is 0 Å². The third-order valence-electron chi connectivity index (χ3n) is 3.82. The van der Waals surface area contributed by atoms with Crippen molar-refractivity contribution in [3.05, 3.63) is 71.3 Å². The molecule has 0 unspecified atom stereocenters. The van der Waals surface area contributed by atoms with Gasteiger partial charge in [0, 0.05) is 11.1 Å². The van der Waals surface area contributed by atoms with Crippen LogP contribution in [0, 0.1) is 11.6 Å². The topological polar surface area (TPSA) is 72.6 Å². The van der Waals surface area contributed by atoms with Crippen molar-refractivity contribution in [1.29, 1.82) is 0 Å². The van der Waals surface area contributed by atoms with Crippen LogP contribution >= 0.6 is 0 Å². The summed E-state index contributed by atoms with van der Waals surface area (Å²) in [6, 6.07) is 9.88. The van der Waals surface area contributed by atoms with Gasteiger partial charge in [0.15, 0.2) is 5.60 Å². The van der Waals surface area contributed by atoms with E-state index in [-0.39, 0.29) is 11.1 Å². The first kappa shape index (κ1) is 18.0. The summed E-state index contributed by atoms with van der Waals surface area (Å²) < 4.78 is 33.8. The van der Waals surface area contributed by atoms with E-state index in [0.717, 1.165) is 12.1 Å². The smallest absolute Gasteiger partial charge is 0.323 e. The number of hydrogen-bond acceptors (Lipinski definition) is 4. The minimum Gasteiger partial charge on any atom is -0.458 e. The molecule has 0 radical (unpaired) electrons. The molecular formula is C18H19F2NO3. The van der Waals surface area contributed by atoms with Crippen molar-refractivity contribution in [2.24, 2.45) is 5.73 Å². The lowest BCUT2D eigenvalue weighted by molar-refractivity contribution is -0.161. The average Bonchev–Trinajstić information content (AvgIpc) is 2.54. The second-order valence-corrected chi connectivity index (χ2v) is 5.59. The van der Waals surface area contributed by atoms with Crippen LogP contribution in [-0.2, 0) is 15.1 Å². The number of hydrogen-bond donors (Lipinski definition) is 2. The van der Waals surface area contributed by atoms with Crippen molar-refractivity contribution in [2.75, 3.05) is 0 Å². The van der Waals surface area contributed by atoms with Gasteiger partial charge in [-0.05, 0) is 26.0 Å². The van der Waals surface area contributed by atoms with Crippen LogP contribution in [0.1, 0.15) is 25.0 Å². The normalized spacial score (nSPS) is 14.1. The standard InChI is InChI=1S/C18H19F2NO3/c1-11(21)17(22)24-12(2)18(23,13-7-3-5-9-15(13)19)14-8-4-6-10-16(14)20/h3-12,23H,21H2,1-2H3/t11-,12-/m0/s1. The maximum Gasteiger partial charge on any atom is 0.323 e. The van der Waals surface area contributed by atoms with E-state index in [1.165, 1.54) is 50.2 Å². The van der Waals surface area contributed by atoms with Gasteiger partial charge in [-0.3, -0.25) is 4.79 Å². The van der Waals surface area contributed by atoms with E-state index in [0.29, 0.717) is 0 Å². The number of halogens is 2. The Hall–Kier alpha value is -2.31. The van der Waals surface area contributed by atoms with Gasteiger partial charge in [0.2, 0.25) is 0 Å². The fourth-order valence-electron chi connectivity index (χ4n) is 2.49. The average molecular weight is 335 g/mol. The minimum absolute atomic E-state index is 0.194. The van der Waals surface area contributed by atoms with Gasteiger partial charge >= 0.3 is 5.97 Å². The quantitative estimate of drug-likeness (QED) is 0.824. The molecule has 3 N–H and O–H groups in total. The highest BCUT2D eigenvalue weighted by Crippen LogP contribution is 2.37. The summed E-state index contributed by atoms with van der Waals surface area (Å²) in [5.41, 5.74) is 2.86. The summed E-state index contributed by atoms with van der Waals surface area (Å²) in [5.74, 6) is -2.27. The lowest BCUT2D eigenvalue weighted by Gasteiger charge is -2.35. The maximum atomic E-state index is 14.3. The third kappa shape index (κ3) is 3.29. The molecule has 0 bridgehead atoms. The molecule has 6 heteroatoms. The second kappa shape index (κ2) is 7.07. The molecule has 0 saturated heterocycles. The zero-order valence-electron chi connectivity index (χ0n) is 13.4. The summed E-state index contributed by atoms with van der Waals surface area (Å²) in [4.78, 5) is 11.8. The van der Waals surface area contributed by atoms with E-state index in [1.807, 2.05) is 0 Å². The molecule has 0 spiro atoms. The van der Waals surface area contributed by atoms with E-state index < -0.39 is 35.4 Å². The fraction of sp³-hybridized carbons (Fsp3) is 0.278. The lowest BCUT2D eigenvalue weighted by atomic mass is 9.81. The zero-order chi connectivity index (χ0) is 17.9. The van der Waals surface area contributed by atoms with Gasteiger partial charge in [0.25, 0.3) is 0 Å². The molecule has 24 heavy (non-hydrogen) atoms. The highest BCUT2D eigenvalue weighted by atomic mass is 19.1. The molecule has 0 aromatic heterocycles. The van der Waals surface area contributed by atoms with Gasteiger partial charge in [-0.15, -0.1) is 0 Å². The summed E-state index contributed by atoms with van der Waals surface area (Å²) >= 11 is 0. The Bertz CT molecular complexity index is 688. The van der Waals surface area contributed by atoms with Crippen molar-refractivity contribution in [1.82, 2.24) is 0 Å². The molecule has 2 aromatic carbocycles. The highest BCUT2D eigenvalue weighted by Gasteiger charge is 2.44. The summed E-state index contributed by atoms with van der Waals surface area (Å²) in [6.45, 7) is 2.78. The van der Waals surface area contributed by atoms with Gasteiger partial charge in [0.1, 0.15) is 23.8 Å². The SMILES string of the molecule is C[C@H](N)C(=O)O[C@@H](C)C(O)(c1ccccc1F)c1ccccc1F. The summed E-state index contributed by atoms with van der Waals surface area (Å²) in [6.07, 6.45) is -1.27. The third-order valence-corrected chi connectivity index (χ3v) is 3.82. The van der Waals surface area contributed by atoms with Gasteiger partial charge in [-0.25, -0.2) is 8.78 Å². The summed E-state index contributed by atoms with van der Waals surface area (Å²) in [7, 11) is 0. The van der Waals surface area contributed by atoms with Crippen molar-refractivity contribution in [3.63, 3.8) is 0 Å². The first-order valence-electron chi connectivity index (χ1n) is 7.47. The van der Waals surface area contributed by atoms with E-state index in [1.54, 1.807) is 0 Å². The first-order chi connectivity index (χ1) is 11.3. The molecule has 4 nitrogen and oxygen atoms in total. The summed E-state index contributed by atoms with van der Waals surface area (Å²) in [5, 5.41) is 11.2. The van der Waals surface area contributed by atoms with Gasteiger partial charge < -0.3 is 15.6 Å². The van der Waals surface area contributed by atoms with Crippen LogP contribution in [0.15, 0.2) is 48.5 Å². The molecule has 0 fully saturated rings. The largest absolute Gasteiger partial charge is 0.458 e. The number of ether oxygens (including phenoxy) is 1. The number of aliphatic hydroxyl groups is 1. The van der Waals surface area contributed by atoms with Crippen molar-refractivity contribution < 1.29 is 23.4 Å². The molecule has 0 aliphatic heterocycles. The number of benzene rings is 2. The van der Waals surface area contributed by atoms with Gasteiger partial charge in [-0.1, -0.05) is 36.4 Å². The predicted octanol–water partition coefficient (Wildman–Crippen LogP) is 2.48. The Morgan fingerprint density at radius 3 is 1.83 bits per heavy atom. The van der Waals surface area contributed by atoms with Crippen molar-refractivity contribution in [3.8, 4) is 0 Å². The molecular weight excluding hydrogens is 316 g/mol. The van der Waals surface area contributed by atoms with Crippen LogP contribution in [0.3, 0.4) is 0 Å². The molecule has 128 valence electrons. The van der Waals surface area contributed by atoms with E-state index in [2.05, 4.69) is 0 Å². The molecule has 2 atom stereocenters. The van der Waals surface area contributed by atoms with E-state index in [9.17, 15) is 18.7 Å². The Morgan fingerprint density at radius 2 is 1.46 bits per heavy atom. The molecule has 0 aliphatic carbocycles. The number of esters is 1. The molecule has 2 rings (SSSR count). The molecule has 0 amide bonds.